The quantitative estimate of drug-likeness (QED) is 0.283. The third-order valence-corrected chi connectivity index (χ3v) is 7.09. The summed E-state index contributed by atoms with van der Waals surface area (Å²) in [5.74, 6) is 5.90. The smallest absolute Gasteiger partial charge is 0.138 e. The molecule has 0 aliphatic carbocycles. The number of aliphatic hydroxyl groups excluding tert-OH is 1. The van der Waals surface area contributed by atoms with Crippen LogP contribution >= 0.6 is 0 Å². The molecule has 2 atom stereocenters. The van der Waals surface area contributed by atoms with Crippen LogP contribution in [-0.2, 0) is 0 Å². The number of rotatable bonds is 1. The number of nitrogens with one attached hydrogen (secondary N) is 2. The number of aromatic nitrogens is 1. The molecule has 34 heavy (non-hydrogen) atoms. The van der Waals surface area contributed by atoms with E-state index >= 15 is 0 Å². The van der Waals surface area contributed by atoms with Crippen LogP contribution in [0.3, 0.4) is 0 Å². The van der Waals surface area contributed by atoms with Crippen LogP contribution in [0.2, 0.25) is 0 Å². The Bertz CT molecular complexity index is 1490. The fraction of sp³-hybridized carbons (Fsp3) is 0.267. The molecule has 0 radical (unpaired) electrons. The molecule has 0 saturated heterocycles. The second-order valence-electron chi connectivity index (χ2n) is 9.91. The Hall–Kier alpha value is -3.55. The highest BCUT2D eigenvalue weighted by Crippen LogP contribution is 2.46. The average molecular weight is 453 g/mol. The maximum atomic E-state index is 14.4. The van der Waals surface area contributed by atoms with Crippen molar-refractivity contribution in [2.24, 2.45) is 0 Å². The molecule has 0 saturated carbocycles. The van der Waals surface area contributed by atoms with Crippen molar-refractivity contribution in [3.8, 4) is 23.0 Å². The van der Waals surface area contributed by atoms with Gasteiger partial charge < -0.3 is 15.4 Å². The molecule has 172 valence electrons. The van der Waals surface area contributed by atoms with Crippen molar-refractivity contribution in [3.63, 3.8) is 0 Å². The Kier molecular flexibility index (Phi) is 5.26. The van der Waals surface area contributed by atoms with Crippen LogP contribution in [-0.4, -0.2) is 21.7 Å². The lowest BCUT2D eigenvalue weighted by molar-refractivity contribution is 0.0868. The molecule has 0 unspecified atom stereocenters. The third kappa shape index (κ3) is 3.48. The maximum Gasteiger partial charge on any atom is 0.138 e. The molecule has 1 aliphatic rings. The first-order chi connectivity index (χ1) is 16.2. The summed E-state index contributed by atoms with van der Waals surface area (Å²) in [5, 5.41) is 15.9. The van der Waals surface area contributed by atoms with Crippen LogP contribution < -0.4 is 5.32 Å². The van der Waals surface area contributed by atoms with Gasteiger partial charge in [-0.15, -0.1) is 0 Å². The largest absolute Gasteiger partial charge is 0.390 e. The third-order valence-electron chi connectivity index (χ3n) is 7.09. The lowest BCUT2D eigenvalue weighted by Crippen LogP contribution is -2.50. The average Bonchev–Trinajstić information content (AvgIpc) is 3.19. The van der Waals surface area contributed by atoms with Gasteiger partial charge in [0.15, 0.2) is 0 Å². The first-order valence-corrected chi connectivity index (χ1v) is 11.7. The predicted octanol–water partition coefficient (Wildman–Crippen LogP) is 6.66. The summed E-state index contributed by atoms with van der Waals surface area (Å²) < 4.78 is 14.4. The van der Waals surface area contributed by atoms with E-state index in [2.05, 4.69) is 60.3 Å². The Labute approximate surface area is 200 Å². The number of halogens is 1. The van der Waals surface area contributed by atoms with E-state index in [1.54, 1.807) is 18.2 Å². The Morgan fingerprint density at radius 3 is 2.50 bits per heavy atom. The van der Waals surface area contributed by atoms with Gasteiger partial charge in [0.05, 0.1) is 22.7 Å². The molecule has 3 nitrogen and oxygen atoms in total. The molecule has 0 amide bonds. The molecular weight excluding hydrogens is 423 g/mol. The molecule has 0 spiro atoms. The molecule has 4 heteroatoms. The lowest BCUT2D eigenvalue weighted by Gasteiger charge is -2.43. The minimum atomic E-state index is -0.604. The molecule has 3 aromatic carbocycles. The van der Waals surface area contributed by atoms with Crippen LogP contribution in [0.5, 0.6) is 0 Å². The van der Waals surface area contributed by atoms with Crippen LogP contribution in [0, 0.1) is 31.5 Å². The lowest BCUT2D eigenvalue weighted by atomic mass is 9.75. The first kappa shape index (κ1) is 22.3. The summed E-state index contributed by atoms with van der Waals surface area (Å²) in [7, 11) is 0. The molecule has 1 aromatic heterocycles. The highest BCUT2D eigenvalue weighted by molar-refractivity contribution is 5.98. The van der Waals surface area contributed by atoms with Crippen molar-refractivity contribution in [3.05, 3.63) is 88.4 Å². The van der Waals surface area contributed by atoms with Crippen LogP contribution in [0.1, 0.15) is 54.5 Å². The number of aromatic amines is 1. The van der Waals surface area contributed by atoms with Gasteiger partial charge in [-0.25, -0.2) is 4.39 Å². The fourth-order valence-corrected chi connectivity index (χ4v) is 5.20. The van der Waals surface area contributed by atoms with Gasteiger partial charge in [-0.05, 0) is 62.6 Å². The molecule has 4 aromatic rings. The number of H-pyrrole nitrogens is 1. The Morgan fingerprint density at radius 2 is 1.74 bits per heavy atom. The summed E-state index contributed by atoms with van der Waals surface area (Å²) >= 11 is 0. The molecule has 2 heterocycles. The van der Waals surface area contributed by atoms with Gasteiger partial charge >= 0.3 is 0 Å². The SMILES string of the molecule is Cc1cc(-c2cccc3c(C)c[nH]c23)c(C#Cc2ccccc2F)c2c1NC(C)(C)[C@H](O)[C@H]2C. The highest BCUT2D eigenvalue weighted by Gasteiger charge is 2.40. The normalized spacial score (nSPS) is 18.7. The zero-order valence-electron chi connectivity index (χ0n) is 20.2. The molecule has 5 rings (SSSR count). The number of para-hydroxylation sites is 1. The number of fused-ring (bicyclic) bond motifs is 2. The fourth-order valence-electron chi connectivity index (χ4n) is 5.20. The van der Waals surface area contributed by atoms with Crippen molar-refractivity contribution in [1.29, 1.82) is 0 Å². The monoisotopic (exact) mass is 452 g/mol. The minimum absolute atomic E-state index is 0.153. The summed E-state index contributed by atoms with van der Waals surface area (Å²) in [6.07, 6.45) is 1.41. The van der Waals surface area contributed by atoms with Crippen molar-refractivity contribution in [2.75, 3.05) is 5.32 Å². The molecule has 0 fully saturated rings. The van der Waals surface area contributed by atoms with E-state index in [0.29, 0.717) is 5.56 Å². The zero-order chi connectivity index (χ0) is 24.2. The zero-order valence-corrected chi connectivity index (χ0v) is 20.2. The Morgan fingerprint density at radius 1 is 0.971 bits per heavy atom. The van der Waals surface area contributed by atoms with Crippen LogP contribution in [0.4, 0.5) is 10.1 Å². The minimum Gasteiger partial charge on any atom is -0.390 e. The van der Waals surface area contributed by atoms with Gasteiger partial charge in [0, 0.05) is 39.9 Å². The van der Waals surface area contributed by atoms with E-state index in [0.717, 1.165) is 44.4 Å². The number of hydrogen-bond acceptors (Lipinski definition) is 2. The summed E-state index contributed by atoms with van der Waals surface area (Å²) in [4.78, 5) is 3.42. The topological polar surface area (TPSA) is 48.0 Å². The van der Waals surface area contributed by atoms with Crippen molar-refractivity contribution < 1.29 is 9.50 Å². The number of benzene rings is 3. The van der Waals surface area contributed by atoms with Crippen LogP contribution in [0.25, 0.3) is 22.0 Å². The molecule has 3 N–H and O–H groups in total. The summed E-state index contributed by atoms with van der Waals surface area (Å²) in [5.41, 5.74) is 8.01. The Balaban J connectivity index is 1.84. The number of aryl methyl sites for hydroxylation is 2. The second kappa shape index (κ2) is 8.04. The van der Waals surface area contributed by atoms with Crippen molar-refractivity contribution in [1.82, 2.24) is 4.98 Å². The maximum absolute atomic E-state index is 14.4. The second-order valence-corrected chi connectivity index (χ2v) is 9.91. The predicted molar refractivity (Wildman–Crippen MR) is 138 cm³/mol. The van der Waals surface area contributed by atoms with Crippen molar-refractivity contribution in [2.45, 2.75) is 52.2 Å². The standard InChI is InChI=1S/C30H29FN2O/c1-17-15-24(23-11-8-10-21-18(2)16-32-28(21)23)22(14-13-20-9-6-7-12-25(20)31)26-19(3)29(34)30(4,5)33-27(17)26/h6-12,15-16,19,29,32-34H,1-5H3/t19-,29+/m0/s1. The number of hydrogen-bond donors (Lipinski definition) is 3. The van der Waals surface area contributed by atoms with Gasteiger partial charge in [-0.2, -0.15) is 0 Å². The van der Waals surface area contributed by atoms with E-state index in [4.69, 9.17) is 0 Å². The molecular formula is C30H29FN2O. The van der Waals surface area contributed by atoms with Crippen LogP contribution in [0.15, 0.2) is 54.7 Å². The van der Waals surface area contributed by atoms with Gasteiger partial charge in [0.2, 0.25) is 0 Å². The molecule has 0 bridgehead atoms. The van der Waals surface area contributed by atoms with E-state index in [9.17, 15) is 9.50 Å². The van der Waals surface area contributed by atoms with Crippen molar-refractivity contribution >= 4 is 16.6 Å². The summed E-state index contributed by atoms with van der Waals surface area (Å²) in [6, 6.07) is 15.0. The highest BCUT2D eigenvalue weighted by atomic mass is 19.1. The van der Waals surface area contributed by atoms with E-state index in [1.807, 2.05) is 27.0 Å². The molecule has 1 aliphatic heterocycles. The van der Waals surface area contributed by atoms with Gasteiger partial charge in [-0.3, -0.25) is 0 Å². The first-order valence-electron chi connectivity index (χ1n) is 11.7. The number of aliphatic hydroxyl groups is 1. The van der Waals surface area contributed by atoms with Gasteiger partial charge in [-0.1, -0.05) is 49.1 Å². The van der Waals surface area contributed by atoms with E-state index in [-0.39, 0.29) is 11.7 Å². The van der Waals surface area contributed by atoms with Gasteiger partial charge in [0.1, 0.15) is 5.82 Å². The number of anilines is 1. The van der Waals surface area contributed by atoms with E-state index in [1.165, 1.54) is 11.6 Å². The van der Waals surface area contributed by atoms with E-state index < -0.39 is 11.6 Å². The van der Waals surface area contributed by atoms with Gasteiger partial charge in [0.25, 0.3) is 0 Å². The summed E-state index contributed by atoms with van der Waals surface area (Å²) in [6.45, 7) is 10.2.